The average Bonchev–Trinajstić information content (AvgIpc) is 2.64. The molecule has 0 atom stereocenters. The first kappa shape index (κ1) is 18.0. The highest BCUT2D eigenvalue weighted by molar-refractivity contribution is 6.34. The highest BCUT2D eigenvalue weighted by atomic mass is 35.5. The maximum atomic E-state index is 12.6. The van der Waals surface area contributed by atoms with E-state index in [4.69, 9.17) is 11.6 Å². The maximum absolute atomic E-state index is 12.6. The number of pyridine rings is 1. The Morgan fingerprint density at radius 3 is 2.58 bits per heavy atom. The fourth-order valence-electron chi connectivity index (χ4n) is 2.72. The number of hydrogen-bond acceptors (Lipinski definition) is 3. The number of amides is 1. The number of benzene rings is 2. The van der Waals surface area contributed by atoms with Crippen molar-refractivity contribution < 1.29 is 4.79 Å². The smallest absolute Gasteiger partial charge is 0.257 e. The van der Waals surface area contributed by atoms with Crippen LogP contribution in [-0.4, -0.2) is 10.9 Å². The number of rotatable bonds is 5. The van der Waals surface area contributed by atoms with Crippen LogP contribution in [-0.2, 0) is 6.54 Å². The van der Waals surface area contributed by atoms with Crippen molar-refractivity contribution in [2.75, 3.05) is 10.6 Å². The second-order valence-corrected chi connectivity index (χ2v) is 6.60. The number of carbonyl (C=O) groups excluding carboxylic acids is 1. The van der Waals surface area contributed by atoms with E-state index in [1.54, 1.807) is 18.5 Å². The molecule has 0 saturated carbocycles. The van der Waals surface area contributed by atoms with Gasteiger partial charge in [-0.15, -0.1) is 0 Å². The number of hydrogen-bond donors (Lipinski definition) is 2. The molecular weight excluding hydrogens is 346 g/mol. The van der Waals surface area contributed by atoms with Crippen molar-refractivity contribution in [3.8, 4) is 0 Å². The molecule has 0 saturated heterocycles. The van der Waals surface area contributed by atoms with Crippen LogP contribution in [0.3, 0.4) is 0 Å². The second kappa shape index (κ2) is 8.02. The van der Waals surface area contributed by atoms with E-state index in [0.717, 1.165) is 22.4 Å². The standard InChI is InChI=1S/C21H20ClN3O/c1-14-8-15(2)20(19(22)9-14)25-21(26)17-10-18(13-23-12-17)24-11-16-6-4-3-5-7-16/h3-10,12-13,24H,11H2,1-2H3,(H,25,26). The molecule has 0 unspecified atom stereocenters. The van der Waals surface area contributed by atoms with Crippen molar-refractivity contribution in [2.45, 2.75) is 20.4 Å². The molecule has 1 amide bonds. The molecule has 132 valence electrons. The van der Waals surface area contributed by atoms with E-state index in [2.05, 4.69) is 15.6 Å². The molecule has 3 rings (SSSR count). The molecule has 0 spiro atoms. The first-order valence-corrected chi connectivity index (χ1v) is 8.71. The predicted octanol–water partition coefficient (Wildman–Crippen LogP) is 5.22. The third-order valence-electron chi connectivity index (χ3n) is 4.01. The van der Waals surface area contributed by atoms with Crippen molar-refractivity contribution in [2.24, 2.45) is 0 Å². The van der Waals surface area contributed by atoms with Crippen LogP contribution in [0.1, 0.15) is 27.0 Å². The zero-order valence-electron chi connectivity index (χ0n) is 14.7. The summed E-state index contributed by atoms with van der Waals surface area (Å²) in [5.74, 6) is -0.241. The highest BCUT2D eigenvalue weighted by Gasteiger charge is 2.12. The highest BCUT2D eigenvalue weighted by Crippen LogP contribution is 2.28. The Morgan fingerprint density at radius 2 is 1.85 bits per heavy atom. The van der Waals surface area contributed by atoms with Crippen molar-refractivity contribution >= 4 is 28.9 Å². The van der Waals surface area contributed by atoms with Gasteiger partial charge in [0.1, 0.15) is 0 Å². The summed E-state index contributed by atoms with van der Waals surface area (Å²) in [5.41, 5.74) is 5.02. The quantitative estimate of drug-likeness (QED) is 0.652. The number of anilines is 2. The van der Waals surface area contributed by atoms with Gasteiger partial charge in [0.2, 0.25) is 0 Å². The zero-order chi connectivity index (χ0) is 18.5. The van der Waals surface area contributed by atoms with Gasteiger partial charge in [-0.2, -0.15) is 0 Å². The van der Waals surface area contributed by atoms with E-state index >= 15 is 0 Å². The second-order valence-electron chi connectivity index (χ2n) is 6.19. The van der Waals surface area contributed by atoms with Crippen molar-refractivity contribution in [3.05, 3.63) is 88.2 Å². The van der Waals surface area contributed by atoms with Crippen molar-refractivity contribution in [1.29, 1.82) is 0 Å². The molecule has 0 aliphatic heterocycles. The zero-order valence-corrected chi connectivity index (χ0v) is 15.5. The molecule has 0 bridgehead atoms. The van der Waals surface area contributed by atoms with Gasteiger partial charge in [-0.05, 0) is 42.7 Å². The lowest BCUT2D eigenvalue weighted by Gasteiger charge is -2.12. The summed E-state index contributed by atoms with van der Waals surface area (Å²) in [6.07, 6.45) is 3.24. The lowest BCUT2D eigenvalue weighted by atomic mass is 10.1. The van der Waals surface area contributed by atoms with E-state index < -0.39 is 0 Å². The molecule has 0 aliphatic rings. The fraction of sp³-hybridized carbons (Fsp3) is 0.143. The van der Waals surface area contributed by atoms with Gasteiger partial charge in [0.15, 0.2) is 0 Å². The summed E-state index contributed by atoms with van der Waals surface area (Å²) in [7, 11) is 0. The Labute approximate surface area is 158 Å². The van der Waals surface area contributed by atoms with Crippen molar-refractivity contribution in [3.63, 3.8) is 0 Å². The maximum Gasteiger partial charge on any atom is 0.257 e. The van der Waals surface area contributed by atoms with Gasteiger partial charge in [-0.25, -0.2) is 0 Å². The van der Waals surface area contributed by atoms with Crippen LogP contribution in [0.5, 0.6) is 0 Å². The number of aryl methyl sites for hydroxylation is 2. The first-order chi connectivity index (χ1) is 12.5. The van der Waals surface area contributed by atoms with Gasteiger partial charge >= 0.3 is 0 Å². The van der Waals surface area contributed by atoms with E-state index in [0.29, 0.717) is 22.8 Å². The summed E-state index contributed by atoms with van der Waals surface area (Å²) >= 11 is 6.27. The summed E-state index contributed by atoms with van der Waals surface area (Å²) in [6.45, 7) is 4.55. The van der Waals surface area contributed by atoms with Crippen LogP contribution < -0.4 is 10.6 Å². The summed E-state index contributed by atoms with van der Waals surface area (Å²) in [5, 5.41) is 6.70. The van der Waals surface area contributed by atoms with Gasteiger partial charge in [0.05, 0.1) is 22.0 Å². The van der Waals surface area contributed by atoms with Gasteiger partial charge in [0.25, 0.3) is 5.91 Å². The van der Waals surface area contributed by atoms with Gasteiger partial charge in [-0.3, -0.25) is 9.78 Å². The molecule has 3 aromatic rings. The van der Waals surface area contributed by atoms with E-state index in [-0.39, 0.29) is 5.91 Å². The van der Waals surface area contributed by atoms with Crippen LogP contribution in [0.15, 0.2) is 60.9 Å². The van der Waals surface area contributed by atoms with Gasteiger partial charge < -0.3 is 10.6 Å². The summed E-state index contributed by atoms with van der Waals surface area (Å²) < 4.78 is 0. The summed E-state index contributed by atoms with van der Waals surface area (Å²) in [6, 6.07) is 15.6. The van der Waals surface area contributed by atoms with E-state index in [9.17, 15) is 4.79 Å². The van der Waals surface area contributed by atoms with E-state index in [1.807, 2.05) is 56.3 Å². The molecule has 26 heavy (non-hydrogen) atoms. The molecule has 2 N–H and O–H groups in total. The third kappa shape index (κ3) is 4.41. The SMILES string of the molecule is Cc1cc(C)c(NC(=O)c2cncc(NCc3ccccc3)c2)c(Cl)c1. The minimum atomic E-state index is -0.241. The lowest BCUT2D eigenvalue weighted by molar-refractivity contribution is 0.102. The lowest BCUT2D eigenvalue weighted by Crippen LogP contribution is -2.14. The number of carbonyl (C=O) groups is 1. The average molecular weight is 366 g/mol. The molecule has 5 heteroatoms. The molecular formula is C21H20ClN3O. The fourth-order valence-corrected chi connectivity index (χ4v) is 3.09. The monoisotopic (exact) mass is 365 g/mol. The van der Waals surface area contributed by atoms with Crippen LogP contribution in [0, 0.1) is 13.8 Å². The molecule has 4 nitrogen and oxygen atoms in total. The van der Waals surface area contributed by atoms with Crippen molar-refractivity contribution in [1.82, 2.24) is 4.98 Å². The summed E-state index contributed by atoms with van der Waals surface area (Å²) in [4.78, 5) is 16.8. The molecule has 0 radical (unpaired) electrons. The Hall–Kier alpha value is -2.85. The topological polar surface area (TPSA) is 54.0 Å². The largest absolute Gasteiger partial charge is 0.380 e. The molecule has 2 aromatic carbocycles. The van der Waals surface area contributed by atoms with Crippen LogP contribution in [0.25, 0.3) is 0 Å². The Bertz CT molecular complexity index is 903. The van der Waals surface area contributed by atoms with E-state index in [1.165, 1.54) is 0 Å². The van der Waals surface area contributed by atoms with Crippen LogP contribution >= 0.6 is 11.6 Å². The van der Waals surface area contributed by atoms with Crippen LogP contribution in [0.2, 0.25) is 5.02 Å². The Morgan fingerprint density at radius 1 is 1.08 bits per heavy atom. The number of nitrogens with zero attached hydrogens (tertiary/aromatic N) is 1. The third-order valence-corrected chi connectivity index (χ3v) is 4.31. The van der Waals surface area contributed by atoms with Crippen LogP contribution in [0.4, 0.5) is 11.4 Å². The number of halogens is 1. The number of nitrogens with one attached hydrogen (secondary N) is 2. The Balaban J connectivity index is 1.72. The minimum Gasteiger partial charge on any atom is -0.380 e. The molecule has 1 heterocycles. The molecule has 0 fully saturated rings. The minimum absolute atomic E-state index is 0.241. The Kier molecular flexibility index (Phi) is 5.54. The normalized spacial score (nSPS) is 10.4. The number of aromatic nitrogens is 1. The molecule has 0 aliphatic carbocycles. The molecule has 1 aromatic heterocycles. The predicted molar refractivity (Wildman–Crippen MR) is 107 cm³/mol. The van der Waals surface area contributed by atoms with Gasteiger partial charge in [0, 0.05) is 18.9 Å². The van der Waals surface area contributed by atoms with Gasteiger partial charge in [-0.1, -0.05) is 48.0 Å². The first-order valence-electron chi connectivity index (χ1n) is 8.34.